The van der Waals surface area contributed by atoms with Gasteiger partial charge in [-0.3, -0.25) is 9.78 Å². The third kappa shape index (κ3) is 3.74. The van der Waals surface area contributed by atoms with Gasteiger partial charge in [0.25, 0.3) is 5.91 Å². The van der Waals surface area contributed by atoms with Crippen LogP contribution in [0, 0.1) is 0 Å². The molecule has 2 aromatic heterocycles. The van der Waals surface area contributed by atoms with Crippen molar-refractivity contribution in [3.63, 3.8) is 0 Å². The van der Waals surface area contributed by atoms with Gasteiger partial charge in [-0.15, -0.1) is 5.10 Å². The number of hydrogen-bond donors (Lipinski definition) is 0. The standard InChI is InChI=1S/C24H23N5O2/c1-17-11-12-18(31-23-10-4-8-21-19(23)7-5-13-25-21)16-28(17)24(30)20-6-2-3-9-22(20)29-15-14-26-27-29/h2-10,13-15,17-18H,11-12,16H2,1H3. The Morgan fingerprint density at radius 2 is 1.94 bits per heavy atom. The first-order valence-electron chi connectivity index (χ1n) is 10.5. The molecule has 0 saturated carbocycles. The highest BCUT2D eigenvalue weighted by Gasteiger charge is 2.32. The Morgan fingerprint density at radius 3 is 2.81 bits per heavy atom. The smallest absolute Gasteiger partial charge is 0.256 e. The summed E-state index contributed by atoms with van der Waals surface area (Å²) in [5.41, 5.74) is 2.23. The second-order valence-corrected chi connectivity index (χ2v) is 7.81. The number of hydrogen-bond acceptors (Lipinski definition) is 5. The highest BCUT2D eigenvalue weighted by molar-refractivity contribution is 5.98. The summed E-state index contributed by atoms with van der Waals surface area (Å²) >= 11 is 0. The third-order valence-electron chi connectivity index (χ3n) is 5.80. The molecule has 0 spiro atoms. The highest BCUT2D eigenvalue weighted by Crippen LogP contribution is 2.29. The monoisotopic (exact) mass is 413 g/mol. The fourth-order valence-corrected chi connectivity index (χ4v) is 4.16. The molecule has 5 rings (SSSR count). The number of carbonyl (C=O) groups is 1. The molecular formula is C24H23N5O2. The van der Waals surface area contributed by atoms with E-state index in [2.05, 4.69) is 22.2 Å². The Labute approximate surface area is 180 Å². The van der Waals surface area contributed by atoms with Crippen molar-refractivity contribution in [2.24, 2.45) is 0 Å². The van der Waals surface area contributed by atoms with Crippen LogP contribution in [0.3, 0.4) is 0 Å². The van der Waals surface area contributed by atoms with Crippen LogP contribution in [0.15, 0.2) is 73.2 Å². The molecule has 3 heterocycles. The first-order valence-corrected chi connectivity index (χ1v) is 10.5. The summed E-state index contributed by atoms with van der Waals surface area (Å²) in [4.78, 5) is 19.9. The fourth-order valence-electron chi connectivity index (χ4n) is 4.16. The Bertz CT molecular complexity index is 1200. The van der Waals surface area contributed by atoms with Gasteiger partial charge in [-0.25, -0.2) is 4.68 Å². The number of aromatic nitrogens is 4. The Morgan fingerprint density at radius 1 is 1.03 bits per heavy atom. The van der Waals surface area contributed by atoms with Crippen molar-refractivity contribution in [3.8, 4) is 11.4 Å². The van der Waals surface area contributed by atoms with E-state index in [4.69, 9.17) is 4.74 Å². The summed E-state index contributed by atoms with van der Waals surface area (Å²) in [5, 5.41) is 8.92. The summed E-state index contributed by atoms with van der Waals surface area (Å²) in [6.45, 7) is 2.62. The lowest BCUT2D eigenvalue weighted by Crippen LogP contribution is -2.49. The highest BCUT2D eigenvalue weighted by atomic mass is 16.5. The number of rotatable bonds is 4. The lowest BCUT2D eigenvalue weighted by molar-refractivity contribution is 0.0388. The number of nitrogens with zero attached hydrogens (tertiary/aromatic N) is 5. The second-order valence-electron chi connectivity index (χ2n) is 7.81. The lowest BCUT2D eigenvalue weighted by Gasteiger charge is -2.38. The second kappa shape index (κ2) is 8.18. The Kier molecular flexibility index (Phi) is 5.08. The molecule has 156 valence electrons. The molecule has 2 unspecified atom stereocenters. The maximum atomic E-state index is 13.5. The molecule has 2 atom stereocenters. The third-order valence-corrected chi connectivity index (χ3v) is 5.80. The number of carbonyl (C=O) groups excluding carboxylic acids is 1. The number of ether oxygens (including phenoxy) is 1. The summed E-state index contributed by atoms with van der Waals surface area (Å²) in [6.07, 6.45) is 6.82. The van der Waals surface area contributed by atoms with E-state index in [1.54, 1.807) is 23.3 Å². The molecule has 4 aromatic rings. The quantitative estimate of drug-likeness (QED) is 0.508. The van der Waals surface area contributed by atoms with Crippen LogP contribution >= 0.6 is 0 Å². The summed E-state index contributed by atoms with van der Waals surface area (Å²) in [6, 6.07) is 17.4. The number of pyridine rings is 1. The molecule has 1 amide bonds. The predicted octanol–water partition coefficient (Wildman–Crippen LogP) is 3.89. The van der Waals surface area contributed by atoms with Crippen molar-refractivity contribution in [1.82, 2.24) is 24.9 Å². The molecule has 0 radical (unpaired) electrons. The van der Waals surface area contributed by atoms with Crippen LogP contribution in [0.2, 0.25) is 0 Å². The van der Waals surface area contributed by atoms with Crippen molar-refractivity contribution in [2.75, 3.05) is 6.54 Å². The summed E-state index contributed by atoms with van der Waals surface area (Å²) in [5.74, 6) is 0.784. The number of amides is 1. The van der Waals surface area contributed by atoms with Gasteiger partial charge >= 0.3 is 0 Å². The van der Waals surface area contributed by atoms with Crippen molar-refractivity contribution in [2.45, 2.75) is 31.9 Å². The van der Waals surface area contributed by atoms with Gasteiger partial charge in [0, 0.05) is 17.6 Å². The summed E-state index contributed by atoms with van der Waals surface area (Å²) < 4.78 is 8.00. The van der Waals surface area contributed by atoms with E-state index in [1.165, 1.54) is 0 Å². The van der Waals surface area contributed by atoms with Crippen molar-refractivity contribution in [3.05, 3.63) is 78.8 Å². The van der Waals surface area contributed by atoms with Crippen molar-refractivity contribution in [1.29, 1.82) is 0 Å². The minimum absolute atomic E-state index is 0.0218. The molecule has 1 saturated heterocycles. The van der Waals surface area contributed by atoms with Gasteiger partial charge in [-0.2, -0.15) is 0 Å². The molecule has 0 aliphatic carbocycles. The van der Waals surface area contributed by atoms with E-state index in [1.807, 2.05) is 59.5 Å². The van der Waals surface area contributed by atoms with Gasteiger partial charge in [-0.05, 0) is 56.2 Å². The van der Waals surface area contributed by atoms with E-state index < -0.39 is 0 Å². The molecule has 0 N–H and O–H groups in total. The van der Waals surface area contributed by atoms with E-state index in [9.17, 15) is 4.79 Å². The lowest BCUT2D eigenvalue weighted by atomic mass is 9.99. The normalized spacial score (nSPS) is 18.8. The number of para-hydroxylation sites is 1. The van der Waals surface area contributed by atoms with Crippen molar-refractivity contribution >= 4 is 16.8 Å². The zero-order valence-corrected chi connectivity index (χ0v) is 17.3. The topological polar surface area (TPSA) is 73.1 Å². The zero-order valence-electron chi connectivity index (χ0n) is 17.3. The van der Waals surface area contributed by atoms with Gasteiger partial charge in [0.05, 0.1) is 35.7 Å². The van der Waals surface area contributed by atoms with Gasteiger partial charge in [-0.1, -0.05) is 23.4 Å². The molecule has 1 fully saturated rings. The largest absolute Gasteiger partial charge is 0.488 e. The fraction of sp³-hybridized carbons (Fsp3) is 0.250. The molecule has 2 aromatic carbocycles. The molecule has 0 bridgehead atoms. The van der Waals surface area contributed by atoms with E-state index in [0.717, 1.165) is 35.2 Å². The minimum atomic E-state index is -0.0792. The molecule has 31 heavy (non-hydrogen) atoms. The molecule has 7 nitrogen and oxygen atoms in total. The van der Waals surface area contributed by atoms with E-state index >= 15 is 0 Å². The predicted molar refractivity (Wildman–Crippen MR) is 117 cm³/mol. The van der Waals surface area contributed by atoms with Crippen LogP contribution in [-0.4, -0.2) is 49.5 Å². The number of fused-ring (bicyclic) bond motifs is 1. The number of piperidine rings is 1. The number of benzene rings is 2. The van der Waals surface area contributed by atoms with Crippen molar-refractivity contribution < 1.29 is 9.53 Å². The SMILES string of the molecule is CC1CCC(Oc2cccc3ncccc23)CN1C(=O)c1ccccc1-n1ccnn1. The maximum absolute atomic E-state index is 13.5. The summed E-state index contributed by atoms with van der Waals surface area (Å²) in [7, 11) is 0. The van der Waals surface area contributed by atoms with E-state index in [-0.39, 0.29) is 18.1 Å². The molecule has 7 heteroatoms. The first-order chi connectivity index (χ1) is 15.2. The average Bonchev–Trinajstić information content (AvgIpc) is 3.35. The van der Waals surface area contributed by atoms with E-state index in [0.29, 0.717) is 12.1 Å². The zero-order chi connectivity index (χ0) is 21.2. The van der Waals surface area contributed by atoms with Gasteiger partial charge in [0.1, 0.15) is 11.9 Å². The van der Waals surface area contributed by atoms with Crippen LogP contribution in [0.5, 0.6) is 5.75 Å². The van der Waals surface area contributed by atoms with Crippen LogP contribution in [-0.2, 0) is 0 Å². The Balaban J connectivity index is 1.40. The maximum Gasteiger partial charge on any atom is 0.256 e. The molecule has 1 aliphatic rings. The molecule has 1 aliphatic heterocycles. The van der Waals surface area contributed by atoms with Crippen LogP contribution < -0.4 is 4.74 Å². The van der Waals surface area contributed by atoms with Gasteiger partial charge in [0.15, 0.2) is 0 Å². The minimum Gasteiger partial charge on any atom is -0.488 e. The Hall–Kier alpha value is -3.74. The van der Waals surface area contributed by atoms with Crippen LogP contribution in [0.4, 0.5) is 0 Å². The molecular weight excluding hydrogens is 390 g/mol. The van der Waals surface area contributed by atoms with Gasteiger partial charge < -0.3 is 9.64 Å². The number of likely N-dealkylation sites (tertiary alicyclic amines) is 1. The van der Waals surface area contributed by atoms with Gasteiger partial charge in [0.2, 0.25) is 0 Å². The van der Waals surface area contributed by atoms with Crippen LogP contribution in [0.1, 0.15) is 30.1 Å². The first kappa shape index (κ1) is 19.2. The van der Waals surface area contributed by atoms with Crippen LogP contribution in [0.25, 0.3) is 16.6 Å². The average molecular weight is 413 g/mol.